The van der Waals surface area contributed by atoms with E-state index in [1.54, 1.807) is 0 Å². The van der Waals surface area contributed by atoms with E-state index in [1.807, 2.05) is 11.8 Å². The highest BCUT2D eigenvalue weighted by Crippen LogP contribution is 1.97. The van der Waals surface area contributed by atoms with Crippen molar-refractivity contribution in [3.05, 3.63) is 0 Å². The van der Waals surface area contributed by atoms with Crippen molar-refractivity contribution in [2.24, 2.45) is 5.73 Å². The first kappa shape index (κ1) is 11.3. The Kier molecular flexibility index (Phi) is 10.5. The molecule has 0 heterocycles. The van der Waals surface area contributed by atoms with Crippen LogP contribution in [0.1, 0.15) is 19.3 Å². The predicted octanol–water partition coefficient (Wildman–Crippen LogP) is 1.07. The molecule has 3 heteroatoms. The zero-order valence-corrected chi connectivity index (χ0v) is 8.25. The molecule has 0 aromatic heterocycles. The van der Waals surface area contributed by atoms with Gasteiger partial charge in [-0.1, -0.05) is 0 Å². The zero-order valence-electron chi connectivity index (χ0n) is 7.44. The Morgan fingerprint density at radius 1 is 1.18 bits per heavy atom. The molecule has 0 aliphatic heterocycles. The van der Waals surface area contributed by atoms with Crippen molar-refractivity contribution in [1.29, 1.82) is 0 Å². The minimum absolute atomic E-state index is 0.803. The van der Waals surface area contributed by atoms with E-state index in [1.165, 1.54) is 18.6 Å². The second kappa shape index (κ2) is 10.3. The SMILES string of the molecule is CSCCCCNCCCN. The van der Waals surface area contributed by atoms with Gasteiger partial charge in [-0.15, -0.1) is 0 Å². The van der Waals surface area contributed by atoms with Crippen LogP contribution in [0.3, 0.4) is 0 Å². The second-order valence-electron chi connectivity index (χ2n) is 2.59. The number of hydrogen-bond acceptors (Lipinski definition) is 3. The number of unbranched alkanes of at least 4 members (excludes halogenated alkanes) is 1. The van der Waals surface area contributed by atoms with Crippen LogP contribution in [0.15, 0.2) is 0 Å². The summed E-state index contributed by atoms with van der Waals surface area (Å²) in [7, 11) is 0. The minimum atomic E-state index is 0.803. The molecule has 0 aliphatic rings. The summed E-state index contributed by atoms with van der Waals surface area (Å²) in [4.78, 5) is 0. The molecule has 0 atom stereocenters. The van der Waals surface area contributed by atoms with Crippen molar-refractivity contribution in [3.8, 4) is 0 Å². The van der Waals surface area contributed by atoms with Gasteiger partial charge in [0.1, 0.15) is 0 Å². The van der Waals surface area contributed by atoms with Crippen LogP contribution in [0, 0.1) is 0 Å². The molecular weight excluding hydrogens is 156 g/mol. The van der Waals surface area contributed by atoms with E-state index in [9.17, 15) is 0 Å². The number of nitrogens with two attached hydrogens (primary N) is 1. The summed E-state index contributed by atoms with van der Waals surface area (Å²) in [6.45, 7) is 3.04. The van der Waals surface area contributed by atoms with Gasteiger partial charge in [0.2, 0.25) is 0 Å². The molecule has 0 unspecified atom stereocenters. The molecule has 0 aromatic carbocycles. The Balaban J connectivity index is 2.69. The first-order chi connectivity index (χ1) is 5.41. The Morgan fingerprint density at radius 2 is 1.91 bits per heavy atom. The van der Waals surface area contributed by atoms with Crippen molar-refractivity contribution in [2.45, 2.75) is 19.3 Å². The van der Waals surface area contributed by atoms with Gasteiger partial charge in [-0.3, -0.25) is 0 Å². The molecule has 68 valence electrons. The highest BCUT2D eigenvalue weighted by Gasteiger charge is 1.87. The fourth-order valence-corrected chi connectivity index (χ4v) is 1.34. The fraction of sp³-hybridized carbons (Fsp3) is 1.00. The Bertz CT molecular complexity index is 61.1. The average molecular weight is 176 g/mol. The van der Waals surface area contributed by atoms with Crippen LogP contribution in [0.2, 0.25) is 0 Å². The zero-order chi connectivity index (χ0) is 8.36. The molecule has 0 fully saturated rings. The molecule has 0 saturated carbocycles. The van der Waals surface area contributed by atoms with Crippen molar-refractivity contribution in [3.63, 3.8) is 0 Å². The van der Waals surface area contributed by atoms with Gasteiger partial charge in [-0.2, -0.15) is 11.8 Å². The van der Waals surface area contributed by atoms with Crippen molar-refractivity contribution < 1.29 is 0 Å². The van der Waals surface area contributed by atoms with Gasteiger partial charge < -0.3 is 11.1 Å². The van der Waals surface area contributed by atoms with Crippen LogP contribution in [0.25, 0.3) is 0 Å². The molecule has 3 N–H and O–H groups in total. The van der Waals surface area contributed by atoms with Crippen LogP contribution < -0.4 is 11.1 Å². The monoisotopic (exact) mass is 176 g/mol. The third-order valence-electron chi connectivity index (χ3n) is 1.51. The van der Waals surface area contributed by atoms with E-state index in [4.69, 9.17) is 5.73 Å². The Morgan fingerprint density at radius 3 is 2.55 bits per heavy atom. The van der Waals surface area contributed by atoms with Gasteiger partial charge in [0.25, 0.3) is 0 Å². The third-order valence-corrected chi connectivity index (χ3v) is 2.21. The molecule has 2 nitrogen and oxygen atoms in total. The average Bonchev–Trinajstić information content (AvgIpc) is 2.03. The van der Waals surface area contributed by atoms with Crippen LogP contribution >= 0.6 is 11.8 Å². The van der Waals surface area contributed by atoms with Crippen LogP contribution in [0.4, 0.5) is 0 Å². The Labute approximate surface area is 74.3 Å². The smallest absolute Gasteiger partial charge is 0.00369 e. The van der Waals surface area contributed by atoms with Gasteiger partial charge in [0.05, 0.1) is 0 Å². The Hall–Kier alpha value is 0.270. The summed E-state index contributed by atoms with van der Waals surface area (Å²) < 4.78 is 0. The van der Waals surface area contributed by atoms with Crippen LogP contribution in [-0.2, 0) is 0 Å². The molecule has 0 bridgehead atoms. The van der Waals surface area contributed by atoms with Gasteiger partial charge >= 0.3 is 0 Å². The predicted molar refractivity (Wildman–Crippen MR) is 54.2 cm³/mol. The number of hydrogen-bond donors (Lipinski definition) is 2. The molecule has 0 radical (unpaired) electrons. The molecule has 0 aromatic rings. The highest BCUT2D eigenvalue weighted by atomic mass is 32.2. The molecule has 0 rings (SSSR count). The summed E-state index contributed by atoms with van der Waals surface area (Å²) >= 11 is 1.92. The van der Waals surface area contributed by atoms with E-state index < -0.39 is 0 Å². The number of thioether (sulfide) groups is 1. The third kappa shape index (κ3) is 10.3. The second-order valence-corrected chi connectivity index (χ2v) is 3.58. The standard InChI is InChI=1S/C8H20N2S/c1-11-8-3-2-6-10-7-4-5-9/h10H,2-9H2,1H3. The molecule has 0 spiro atoms. The van der Waals surface area contributed by atoms with E-state index in [0.29, 0.717) is 0 Å². The van der Waals surface area contributed by atoms with E-state index in [-0.39, 0.29) is 0 Å². The lowest BCUT2D eigenvalue weighted by molar-refractivity contribution is 0.623. The van der Waals surface area contributed by atoms with Crippen molar-refractivity contribution in [2.75, 3.05) is 31.6 Å². The fourth-order valence-electron chi connectivity index (χ4n) is 0.848. The first-order valence-corrected chi connectivity index (χ1v) is 5.71. The van der Waals surface area contributed by atoms with Crippen molar-refractivity contribution >= 4 is 11.8 Å². The number of nitrogens with one attached hydrogen (secondary N) is 1. The lowest BCUT2D eigenvalue weighted by Crippen LogP contribution is -2.19. The van der Waals surface area contributed by atoms with Crippen molar-refractivity contribution in [1.82, 2.24) is 5.32 Å². The molecule has 0 aliphatic carbocycles. The topological polar surface area (TPSA) is 38.0 Å². The van der Waals surface area contributed by atoms with E-state index >= 15 is 0 Å². The van der Waals surface area contributed by atoms with E-state index in [2.05, 4.69) is 11.6 Å². The highest BCUT2D eigenvalue weighted by molar-refractivity contribution is 7.98. The largest absolute Gasteiger partial charge is 0.330 e. The van der Waals surface area contributed by atoms with Crippen LogP contribution in [-0.4, -0.2) is 31.6 Å². The molecule has 11 heavy (non-hydrogen) atoms. The molecule has 0 saturated heterocycles. The maximum atomic E-state index is 5.35. The van der Waals surface area contributed by atoms with Gasteiger partial charge in [0.15, 0.2) is 0 Å². The molecular formula is C8H20N2S. The maximum absolute atomic E-state index is 5.35. The summed E-state index contributed by atoms with van der Waals surface area (Å²) in [5.41, 5.74) is 5.35. The van der Waals surface area contributed by atoms with Crippen LogP contribution in [0.5, 0.6) is 0 Å². The summed E-state index contributed by atoms with van der Waals surface area (Å²) in [6.07, 6.45) is 5.88. The summed E-state index contributed by atoms with van der Waals surface area (Å²) in [5, 5.41) is 3.36. The lowest BCUT2D eigenvalue weighted by atomic mass is 10.3. The first-order valence-electron chi connectivity index (χ1n) is 4.31. The molecule has 0 amide bonds. The van der Waals surface area contributed by atoms with Gasteiger partial charge in [-0.25, -0.2) is 0 Å². The minimum Gasteiger partial charge on any atom is -0.330 e. The number of rotatable bonds is 8. The lowest BCUT2D eigenvalue weighted by Gasteiger charge is -2.01. The normalized spacial score (nSPS) is 10.4. The van der Waals surface area contributed by atoms with E-state index in [0.717, 1.165) is 26.1 Å². The maximum Gasteiger partial charge on any atom is -0.00369 e. The summed E-state index contributed by atoms with van der Waals surface area (Å²) in [6, 6.07) is 0. The summed E-state index contributed by atoms with van der Waals surface area (Å²) in [5.74, 6) is 1.29. The van der Waals surface area contributed by atoms with Gasteiger partial charge in [0, 0.05) is 0 Å². The quantitative estimate of drug-likeness (QED) is 0.543. The van der Waals surface area contributed by atoms with Gasteiger partial charge in [-0.05, 0) is 50.9 Å².